The van der Waals surface area contributed by atoms with Crippen LogP contribution in [0.2, 0.25) is 0 Å². The second-order valence-corrected chi connectivity index (χ2v) is 5.55. The third-order valence-corrected chi connectivity index (χ3v) is 3.84. The maximum Gasteiger partial charge on any atom is 0.338 e. The molecule has 0 bridgehead atoms. The average Bonchev–Trinajstić information content (AvgIpc) is 2.50. The van der Waals surface area contributed by atoms with Crippen LogP contribution < -0.4 is 5.32 Å². The molecule has 3 nitrogen and oxygen atoms in total. The smallest absolute Gasteiger partial charge is 0.338 e. The van der Waals surface area contributed by atoms with Crippen LogP contribution in [0.1, 0.15) is 35.8 Å². The third kappa shape index (κ3) is 4.08. The van der Waals surface area contributed by atoms with Crippen LogP contribution in [0.4, 0.5) is 5.69 Å². The number of hydrogen-bond acceptors (Lipinski definition) is 3. The zero-order chi connectivity index (χ0) is 15.2. The van der Waals surface area contributed by atoms with Crippen molar-refractivity contribution in [3.63, 3.8) is 0 Å². The van der Waals surface area contributed by atoms with Gasteiger partial charge in [0.05, 0.1) is 12.2 Å². The molecule has 0 saturated heterocycles. The van der Waals surface area contributed by atoms with Gasteiger partial charge in [0.25, 0.3) is 0 Å². The number of rotatable bonds is 5. The molecule has 21 heavy (non-hydrogen) atoms. The van der Waals surface area contributed by atoms with Crippen LogP contribution in [-0.2, 0) is 4.74 Å². The molecule has 0 saturated carbocycles. The van der Waals surface area contributed by atoms with E-state index in [2.05, 4.69) is 28.2 Å². The average molecular weight is 348 g/mol. The van der Waals surface area contributed by atoms with Gasteiger partial charge in [0.1, 0.15) is 0 Å². The minimum absolute atomic E-state index is 0.0816. The second kappa shape index (κ2) is 7.27. The summed E-state index contributed by atoms with van der Waals surface area (Å²) in [5.41, 5.74) is 2.64. The fraction of sp³-hybridized carbons (Fsp3) is 0.235. The molecular formula is C17H18BrNO2. The van der Waals surface area contributed by atoms with Crippen LogP contribution in [0.5, 0.6) is 0 Å². The predicted octanol–water partition coefficient (Wildman–Crippen LogP) is 4.80. The Morgan fingerprint density at radius 1 is 1.24 bits per heavy atom. The number of para-hydroxylation sites is 1. The number of nitrogens with one attached hydrogen (secondary N) is 1. The first-order chi connectivity index (χ1) is 10.1. The minimum atomic E-state index is -0.285. The van der Waals surface area contributed by atoms with Gasteiger partial charge in [-0.25, -0.2) is 4.79 Å². The lowest BCUT2D eigenvalue weighted by Crippen LogP contribution is -2.09. The van der Waals surface area contributed by atoms with Crippen molar-refractivity contribution >= 4 is 27.6 Å². The van der Waals surface area contributed by atoms with Crippen molar-refractivity contribution < 1.29 is 9.53 Å². The summed E-state index contributed by atoms with van der Waals surface area (Å²) in [6.45, 7) is 4.25. The Morgan fingerprint density at radius 2 is 2.00 bits per heavy atom. The van der Waals surface area contributed by atoms with Crippen molar-refractivity contribution in [1.82, 2.24) is 0 Å². The number of carbonyl (C=O) groups is 1. The first-order valence-electron chi connectivity index (χ1n) is 6.90. The number of benzene rings is 2. The summed E-state index contributed by atoms with van der Waals surface area (Å²) in [5.74, 6) is -0.285. The highest BCUT2D eigenvalue weighted by Crippen LogP contribution is 2.26. The predicted molar refractivity (Wildman–Crippen MR) is 88.6 cm³/mol. The monoisotopic (exact) mass is 347 g/mol. The van der Waals surface area contributed by atoms with E-state index in [0.29, 0.717) is 12.2 Å². The van der Waals surface area contributed by atoms with E-state index in [0.717, 1.165) is 15.7 Å². The molecule has 0 aliphatic rings. The van der Waals surface area contributed by atoms with Gasteiger partial charge < -0.3 is 10.1 Å². The van der Waals surface area contributed by atoms with Gasteiger partial charge in [0.2, 0.25) is 0 Å². The highest BCUT2D eigenvalue weighted by Gasteiger charge is 2.11. The zero-order valence-corrected chi connectivity index (χ0v) is 13.7. The molecule has 0 fully saturated rings. The summed E-state index contributed by atoms with van der Waals surface area (Å²) in [6, 6.07) is 15.5. The number of hydrogen-bond donors (Lipinski definition) is 1. The normalized spacial score (nSPS) is 11.8. The van der Waals surface area contributed by atoms with E-state index in [1.165, 1.54) is 0 Å². The number of ether oxygens (including phenoxy) is 1. The molecule has 0 aliphatic carbocycles. The molecule has 0 amide bonds. The van der Waals surface area contributed by atoms with E-state index in [1.807, 2.05) is 42.5 Å². The van der Waals surface area contributed by atoms with Gasteiger partial charge in [-0.15, -0.1) is 0 Å². The molecule has 1 atom stereocenters. The number of halogens is 1. The van der Waals surface area contributed by atoms with Crippen molar-refractivity contribution in [3.05, 3.63) is 64.1 Å². The SMILES string of the molecule is CCOC(=O)c1cccc(C(C)Nc2ccccc2Br)c1. The molecule has 2 aromatic rings. The molecule has 1 N–H and O–H groups in total. The molecule has 0 aromatic heterocycles. The molecule has 0 radical (unpaired) electrons. The van der Waals surface area contributed by atoms with E-state index in [4.69, 9.17) is 4.74 Å². The summed E-state index contributed by atoms with van der Waals surface area (Å²) in [7, 11) is 0. The van der Waals surface area contributed by atoms with Crippen LogP contribution in [0.3, 0.4) is 0 Å². The fourth-order valence-corrected chi connectivity index (χ4v) is 2.44. The lowest BCUT2D eigenvalue weighted by molar-refractivity contribution is 0.0526. The van der Waals surface area contributed by atoms with Gasteiger partial charge in [-0.1, -0.05) is 24.3 Å². The second-order valence-electron chi connectivity index (χ2n) is 4.69. The first-order valence-corrected chi connectivity index (χ1v) is 7.69. The highest BCUT2D eigenvalue weighted by molar-refractivity contribution is 9.10. The van der Waals surface area contributed by atoms with Crippen LogP contribution in [0, 0.1) is 0 Å². The largest absolute Gasteiger partial charge is 0.462 e. The van der Waals surface area contributed by atoms with Gasteiger partial charge in [0.15, 0.2) is 0 Å². The maximum atomic E-state index is 11.8. The molecule has 0 aliphatic heterocycles. The Morgan fingerprint density at radius 3 is 2.71 bits per heavy atom. The van der Waals surface area contributed by atoms with E-state index in [1.54, 1.807) is 13.0 Å². The van der Waals surface area contributed by atoms with Gasteiger partial charge in [0, 0.05) is 16.2 Å². The summed E-state index contributed by atoms with van der Waals surface area (Å²) < 4.78 is 6.05. The molecular weight excluding hydrogens is 330 g/mol. The van der Waals surface area contributed by atoms with Crippen molar-refractivity contribution in [1.29, 1.82) is 0 Å². The summed E-state index contributed by atoms with van der Waals surface area (Å²) in [5, 5.41) is 3.43. The van der Waals surface area contributed by atoms with Gasteiger partial charge in [-0.2, -0.15) is 0 Å². The molecule has 2 aromatic carbocycles. The van der Waals surface area contributed by atoms with Crippen LogP contribution in [-0.4, -0.2) is 12.6 Å². The van der Waals surface area contributed by atoms with E-state index in [9.17, 15) is 4.79 Å². The molecule has 110 valence electrons. The Bertz CT molecular complexity index is 628. The maximum absolute atomic E-state index is 11.8. The van der Waals surface area contributed by atoms with E-state index >= 15 is 0 Å². The van der Waals surface area contributed by atoms with Crippen LogP contribution in [0.25, 0.3) is 0 Å². The van der Waals surface area contributed by atoms with Crippen LogP contribution >= 0.6 is 15.9 Å². The molecule has 0 heterocycles. The summed E-state index contributed by atoms with van der Waals surface area (Å²) in [6.07, 6.45) is 0. The molecule has 2 rings (SSSR count). The van der Waals surface area contributed by atoms with E-state index < -0.39 is 0 Å². The van der Waals surface area contributed by atoms with Crippen LogP contribution in [0.15, 0.2) is 53.0 Å². The molecule has 1 unspecified atom stereocenters. The number of carbonyl (C=O) groups excluding carboxylic acids is 1. The lowest BCUT2D eigenvalue weighted by Gasteiger charge is -2.17. The van der Waals surface area contributed by atoms with Crippen molar-refractivity contribution in [2.75, 3.05) is 11.9 Å². The van der Waals surface area contributed by atoms with Crippen molar-refractivity contribution in [3.8, 4) is 0 Å². The third-order valence-electron chi connectivity index (χ3n) is 3.14. The topological polar surface area (TPSA) is 38.3 Å². The first kappa shape index (κ1) is 15.6. The van der Waals surface area contributed by atoms with Gasteiger partial charge in [-0.3, -0.25) is 0 Å². The molecule has 4 heteroatoms. The van der Waals surface area contributed by atoms with Crippen molar-refractivity contribution in [2.45, 2.75) is 19.9 Å². The van der Waals surface area contributed by atoms with Gasteiger partial charge in [-0.05, 0) is 59.6 Å². The standard InChI is InChI=1S/C17H18BrNO2/c1-3-21-17(20)14-8-6-7-13(11-14)12(2)19-16-10-5-4-9-15(16)18/h4-12,19H,3H2,1-2H3. The fourth-order valence-electron chi connectivity index (χ4n) is 2.04. The Balaban J connectivity index is 2.16. The van der Waals surface area contributed by atoms with E-state index in [-0.39, 0.29) is 12.0 Å². The molecule has 0 spiro atoms. The number of anilines is 1. The zero-order valence-electron chi connectivity index (χ0n) is 12.1. The van der Waals surface area contributed by atoms with Crippen molar-refractivity contribution in [2.24, 2.45) is 0 Å². The quantitative estimate of drug-likeness (QED) is 0.789. The summed E-state index contributed by atoms with van der Waals surface area (Å²) in [4.78, 5) is 11.8. The lowest BCUT2D eigenvalue weighted by atomic mass is 10.0. The number of esters is 1. The van der Waals surface area contributed by atoms with Gasteiger partial charge >= 0.3 is 5.97 Å². The Labute approximate surface area is 133 Å². The highest BCUT2D eigenvalue weighted by atomic mass is 79.9. The Kier molecular flexibility index (Phi) is 5.39. The Hall–Kier alpha value is -1.81. The summed E-state index contributed by atoms with van der Waals surface area (Å²) >= 11 is 3.52. The minimum Gasteiger partial charge on any atom is -0.462 e.